The molecular weight excluding hydrogens is 394 g/mol. The van der Waals surface area contributed by atoms with Crippen LogP contribution in [0.4, 0.5) is 13.6 Å². The molecule has 156 valence electrons. The highest BCUT2D eigenvalue weighted by atomic mass is 19.3. The SMILES string of the molecule is CN1C=C(C2C=CC3=NC(=O)NC3=C2OC2CCC(F)(F)CC2)C2=CC=[NH+]C2C1=O. The predicted octanol–water partition coefficient (Wildman–Crippen LogP) is 0.959. The molecule has 9 heteroatoms. The number of allylic oxidation sites excluding steroid dienone is 3. The molecule has 5 aliphatic rings. The third-order valence-electron chi connectivity index (χ3n) is 6.08. The van der Waals surface area contributed by atoms with Crippen LogP contribution in [0.25, 0.3) is 0 Å². The largest absolute Gasteiger partial charge is 0.492 e. The number of nitrogens with zero attached hydrogens (tertiary/aromatic N) is 2. The second kappa shape index (κ2) is 6.72. The van der Waals surface area contributed by atoms with Gasteiger partial charge < -0.3 is 15.0 Å². The predicted molar refractivity (Wildman–Crippen MR) is 104 cm³/mol. The second-order valence-corrected chi connectivity index (χ2v) is 8.10. The molecule has 2 atom stereocenters. The summed E-state index contributed by atoms with van der Waals surface area (Å²) in [5.41, 5.74) is 2.62. The highest BCUT2D eigenvalue weighted by Gasteiger charge is 2.44. The molecule has 2 unspecified atom stereocenters. The number of fused-ring (bicyclic) bond motifs is 2. The smallest absolute Gasteiger partial charge is 0.346 e. The minimum absolute atomic E-state index is 0.0698. The Morgan fingerprint density at radius 1 is 1.27 bits per heavy atom. The van der Waals surface area contributed by atoms with Gasteiger partial charge in [0.25, 0.3) is 11.9 Å². The van der Waals surface area contributed by atoms with Gasteiger partial charge in [0.15, 0.2) is 6.21 Å². The average Bonchev–Trinajstić information content (AvgIpc) is 3.33. The molecule has 0 radical (unpaired) electrons. The highest BCUT2D eigenvalue weighted by Crippen LogP contribution is 2.41. The maximum Gasteiger partial charge on any atom is 0.346 e. The standard InChI is InChI=1S/C21H20F2N4O3/c1-27-10-14(12-6-9-24-16(12)19(27)28)13-2-3-15-17(26-20(29)25-15)18(13)30-11-4-7-21(22,23)8-5-11/h2-3,6,9-11,13,16H,4-5,7-8H2,1H3,(H,26,29)/p+1. The zero-order valence-electron chi connectivity index (χ0n) is 16.3. The number of rotatable bonds is 3. The van der Waals surface area contributed by atoms with Crippen LogP contribution in [0.5, 0.6) is 0 Å². The summed E-state index contributed by atoms with van der Waals surface area (Å²) in [6.07, 6.45) is 8.63. The van der Waals surface area contributed by atoms with E-state index < -0.39 is 18.0 Å². The van der Waals surface area contributed by atoms with Crippen molar-refractivity contribution < 1.29 is 28.1 Å². The Morgan fingerprint density at radius 3 is 2.80 bits per heavy atom. The number of halogens is 2. The highest BCUT2D eigenvalue weighted by molar-refractivity contribution is 6.19. The van der Waals surface area contributed by atoms with Crippen LogP contribution >= 0.6 is 0 Å². The lowest BCUT2D eigenvalue weighted by Crippen LogP contribution is -2.79. The number of hydrogen-bond acceptors (Lipinski definition) is 3. The van der Waals surface area contributed by atoms with Crippen LogP contribution < -0.4 is 10.3 Å². The van der Waals surface area contributed by atoms with Crippen molar-refractivity contribution in [3.05, 3.63) is 47.0 Å². The Morgan fingerprint density at radius 2 is 2.03 bits per heavy atom. The fourth-order valence-corrected chi connectivity index (χ4v) is 4.49. The number of amides is 3. The molecular formula is C21H21F2N4O3+. The minimum Gasteiger partial charge on any atom is -0.492 e. The van der Waals surface area contributed by atoms with Crippen LogP contribution in [-0.2, 0) is 9.53 Å². The van der Waals surface area contributed by atoms with Crippen molar-refractivity contribution in [2.75, 3.05) is 7.05 Å². The van der Waals surface area contributed by atoms with E-state index in [0.29, 0.717) is 17.2 Å². The van der Waals surface area contributed by atoms with Gasteiger partial charge in [-0.05, 0) is 24.5 Å². The van der Waals surface area contributed by atoms with Crippen molar-refractivity contribution in [1.82, 2.24) is 10.2 Å². The van der Waals surface area contributed by atoms with E-state index in [4.69, 9.17) is 4.74 Å². The lowest BCUT2D eigenvalue weighted by atomic mass is 9.82. The quantitative estimate of drug-likeness (QED) is 0.720. The van der Waals surface area contributed by atoms with Crippen LogP contribution in [-0.4, -0.2) is 53.9 Å². The summed E-state index contributed by atoms with van der Waals surface area (Å²) in [5.74, 6) is -2.62. The molecule has 0 aromatic carbocycles. The molecule has 0 aromatic heterocycles. The van der Waals surface area contributed by atoms with Crippen molar-refractivity contribution in [2.24, 2.45) is 10.9 Å². The number of hydrogen-bond donors (Lipinski definition) is 2. The van der Waals surface area contributed by atoms with Gasteiger partial charge >= 0.3 is 6.03 Å². The first kappa shape index (κ1) is 18.9. The lowest BCUT2D eigenvalue weighted by molar-refractivity contribution is -0.468. The van der Waals surface area contributed by atoms with Gasteiger partial charge in [-0.1, -0.05) is 6.08 Å². The fraction of sp³-hybridized carbons (Fsp3) is 0.429. The van der Waals surface area contributed by atoms with Gasteiger partial charge in [0, 0.05) is 37.7 Å². The van der Waals surface area contributed by atoms with Crippen LogP contribution in [0.15, 0.2) is 52.0 Å². The fourth-order valence-electron chi connectivity index (χ4n) is 4.49. The van der Waals surface area contributed by atoms with E-state index in [2.05, 4.69) is 15.3 Å². The van der Waals surface area contributed by atoms with E-state index in [9.17, 15) is 18.4 Å². The van der Waals surface area contributed by atoms with E-state index in [1.165, 1.54) is 4.90 Å². The number of alkyl halides is 2. The topological polar surface area (TPSA) is 85.0 Å². The molecule has 7 nitrogen and oxygen atoms in total. The molecule has 1 fully saturated rings. The lowest BCUT2D eigenvalue weighted by Gasteiger charge is -2.34. The molecule has 3 amide bonds. The Balaban J connectivity index is 1.51. The van der Waals surface area contributed by atoms with Crippen LogP contribution in [0, 0.1) is 5.92 Å². The first-order valence-corrected chi connectivity index (χ1v) is 9.97. The number of urea groups is 1. The van der Waals surface area contributed by atoms with Gasteiger partial charge in [-0.15, -0.1) is 0 Å². The zero-order chi connectivity index (χ0) is 21.0. The molecule has 0 bridgehead atoms. The van der Waals surface area contributed by atoms with Gasteiger partial charge in [-0.3, -0.25) is 4.79 Å². The Labute approximate surface area is 171 Å². The van der Waals surface area contributed by atoms with E-state index in [0.717, 1.165) is 11.1 Å². The van der Waals surface area contributed by atoms with Gasteiger partial charge in [0.1, 0.15) is 11.5 Å². The maximum atomic E-state index is 13.6. The summed E-state index contributed by atoms with van der Waals surface area (Å²) < 4.78 is 33.5. The first-order chi connectivity index (χ1) is 14.3. The molecule has 3 heterocycles. The summed E-state index contributed by atoms with van der Waals surface area (Å²) in [6, 6.07) is -0.962. The first-order valence-electron chi connectivity index (χ1n) is 9.97. The number of carbonyl (C=O) groups is 2. The molecule has 30 heavy (non-hydrogen) atoms. The molecule has 5 rings (SSSR count). The van der Waals surface area contributed by atoms with Crippen LogP contribution in [0.2, 0.25) is 0 Å². The Kier molecular flexibility index (Phi) is 4.23. The van der Waals surface area contributed by atoms with E-state index in [1.807, 2.05) is 12.2 Å². The van der Waals surface area contributed by atoms with Crippen LogP contribution in [0.1, 0.15) is 25.7 Å². The second-order valence-electron chi connectivity index (χ2n) is 8.10. The monoisotopic (exact) mass is 415 g/mol. The number of likely N-dealkylation sites (N-methyl/N-ethyl adjacent to an activating group) is 1. The number of nitrogens with one attached hydrogen (secondary N) is 2. The van der Waals surface area contributed by atoms with Crippen molar-refractivity contribution >= 4 is 23.9 Å². The third-order valence-corrected chi connectivity index (χ3v) is 6.08. The summed E-state index contributed by atoms with van der Waals surface area (Å²) in [6.45, 7) is 0. The number of ether oxygens (including phenoxy) is 1. The van der Waals surface area contributed by atoms with Gasteiger partial charge in [-0.25, -0.2) is 18.6 Å². The maximum absolute atomic E-state index is 13.6. The normalized spacial score (nSPS) is 30.0. The number of aliphatic imine (C=N–C) groups is 1. The van der Waals surface area contributed by atoms with Gasteiger partial charge in [-0.2, -0.15) is 4.99 Å². The zero-order valence-corrected chi connectivity index (χ0v) is 16.3. The van der Waals surface area contributed by atoms with E-state index in [1.54, 1.807) is 25.5 Å². The van der Waals surface area contributed by atoms with E-state index >= 15 is 0 Å². The summed E-state index contributed by atoms with van der Waals surface area (Å²) in [5, 5.41) is 2.72. The van der Waals surface area contributed by atoms with Crippen molar-refractivity contribution in [3.63, 3.8) is 0 Å². The Hall–Kier alpha value is -3.10. The molecule has 1 saturated carbocycles. The van der Waals surface area contributed by atoms with Gasteiger partial charge in [0.2, 0.25) is 5.92 Å². The summed E-state index contributed by atoms with van der Waals surface area (Å²) in [7, 11) is 1.69. The molecule has 0 saturated heterocycles. The molecule has 0 spiro atoms. The van der Waals surface area contributed by atoms with Crippen molar-refractivity contribution in [2.45, 2.75) is 43.8 Å². The molecule has 2 aliphatic carbocycles. The Bertz CT molecular complexity index is 1010. The minimum atomic E-state index is -2.66. The molecule has 3 aliphatic heterocycles. The molecule has 2 N–H and O–H groups in total. The van der Waals surface area contributed by atoms with Gasteiger partial charge in [0.05, 0.1) is 17.7 Å². The van der Waals surface area contributed by atoms with Crippen molar-refractivity contribution in [3.8, 4) is 0 Å². The number of carbonyl (C=O) groups excluding carboxylic acids is 2. The average molecular weight is 415 g/mol. The van der Waals surface area contributed by atoms with Crippen molar-refractivity contribution in [1.29, 1.82) is 0 Å². The molecule has 0 aromatic rings. The van der Waals surface area contributed by atoms with Crippen LogP contribution in [0.3, 0.4) is 0 Å². The van der Waals surface area contributed by atoms with E-state index in [-0.39, 0.29) is 43.6 Å². The summed E-state index contributed by atoms with van der Waals surface area (Å²) >= 11 is 0. The third kappa shape index (κ3) is 3.09. The summed E-state index contributed by atoms with van der Waals surface area (Å²) in [4.78, 5) is 32.9.